The lowest BCUT2D eigenvalue weighted by Gasteiger charge is -2.29. The fourth-order valence-corrected chi connectivity index (χ4v) is 2.94. The fourth-order valence-electron chi connectivity index (χ4n) is 2.94. The number of carbonyl (C=O) groups excluding carboxylic acids is 1. The van der Waals surface area contributed by atoms with Crippen molar-refractivity contribution in [1.82, 2.24) is 0 Å². The molecule has 0 aliphatic carbocycles. The monoisotopic (exact) mass is 396 g/mol. The van der Waals surface area contributed by atoms with Crippen LogP contribution >= 0.6 is 0 Å². The summed E-state index contributed by atoms with van der Waals surface area (Å²) in [4.78, 5) is 12.8. The molecule has 6 nitrogen and oxygen atoms in total. The highest BCUT2D eigenvalue weighted by Crippen LogP contribution is 2.43. The summed E-state index contributed by atoms with van der Waals surface area (Å²) in [7, 11) is 3.00. The Morgan fingerprint density at radius 1 is 1.21 bits per heavy atom. The van der Waals surface area contributed by atoms with E-state index in [4.69, 9.17) is 18.9 Å². The van der Waals surface area contributed by atoms with E-state index >= 15 is 0 Å². The third-order valence-electron chi connectivity index (χ3n) is 4.41. The van der Waals surface area contributed by atoms with E-state index in [1.807, 2.05) is 32.1 Å². The molecule has 2 aromatic rings. The van der Waals surface area contributed by atoms with Crippen LogP contribution < -0.4 is 14.2 Å². The lowest BCUT2D eigenvalue weighted by molar-refractivity contribution is 0.0511. The zero-order chi connectivity index (χ0) is 21.0. The average Bonchev–Trinajstić information content (AvgIpc) is 2.70. The minimum Gasteiger partial charge on any atom is -0.506 e. The number of benzene rings is 2. The third kappa shape index (κ3) is 4.60. The molecule has 0 bridgehead atoms. The molecule has 152 valence electrons. The first-order valence-corrected chi connectivity index (χ1v) is 9.11. The molecular weight excluding hydrogens is 372 g/mol. The number of rotatable bonds is 7. The standard InChI is InChI=1S/C23H24O6/c1-23(2)12-11-17-19(29-23)13-20(27-4)21(22(17)25)18(24)10-7-15-5-8-16(9-6-15)28-14-26-3/h5-13,25H,14H2,1-4H3. The highest BCUT2D eigenvalue weighted by molar-refractivity contribution is 6.11. The van der Waals surface area contributed by atoms with Crippen LogP contribution in [0.15, 0.2) is 42.5 Å². The smallest absolute Gasteiger partial charge is 0.193 e. The second kappa shape index (κ2) is 8.41. The van der Waals surface area contributed by atoms with Crippen LogP contribution in [0.2, 0.25) is 0 Å². The van der Waals surface area contributed by atoms with Gasteiger partial charge in [0.2, 0.25) is 0 Å². The largest absolute Gasteiger partial charge is 0.506 e. The summed E-state index contributed by atoms with van der Waals surface area (Å²) in [6.45, 7) is 3.98. The number of fused-ring (bicyclic) bond motifs is 1. The summed E-state index contributed by atoms with van der Waals surface area (Å²) in [6.07, 6.45) is 6.65. The summed E-state index contributed by atoms with van der Waals surface area (Å²) >= 11 is 0. The van der Waals surface area contributed by atoms with Gasteiger partial charge in [-0.1, -0.05) is 18.2 Å². The number of ether oxygens (including phenoxy) is 4. The highest BCUT2D eigenvalue weighted by Gasteiger charge is 2.28. The van der Waals surface area contributed by atoms with Crippen LogP contribution in [0.5, 0.6) is 23.0 Å². The van der Waals surface area contributed by atoms with Gasteiger partial charge in [-0.25, -0.2) is 0 Å². The number of ketones is 1. The molecule has 0 spiro atoms. The van der Waals surface area contributed by atoms with Crippen molar-refractivity contribution in [3.05, 3.63) is 59.2 Å². The molecule has 1 heterocycles. The minimum absolute atomic E-state index is 0.0931. The van der Waals surface area contributed by atoms with E-state index < -0.39 is 5.60 Å². The Balaban J connectivity index is 1.86. The van der Waals surface area contributed by atoms with Crippen LogP contribution in [0.1, 0.15) is 35.3 Å². The number of phenols is 1. The molecule has 0 radical (unpaired) electrons. The number of phenolic OH excluding ortho intramolecular Hbond substituents is 1. The van der Waals surface area contributed by atoms with E-state index in [2.05, 4.69) is 0 Å². The van der Waals surface area contributed by atoms with Gasteiger partial charge in [0.05, 0.1) is 12.7 Å². The first kappa shape index (κ1) is 20.5. The van der Waals surface area contributed by atoms with Gasteiger partial charge < -0.3 is 24.1 Å². The number of allylic oxidation sites excluding steroid dienone is 1. The summed E-state index contributed by atoms with van der Waals surface area (Å²) in [6, 6.07) is 8.83. The molecular formula is C23H24O6. The quantitative estimate of drug-likeness (QED) is 0.423. The highest BCUT2D eigenvalue weighted by atomic mass is 16.7. The molecule has 0 saturated heterocycles. The Morgan fingerprint density at radius 2 is 1.93 bits per heavy atom. The molecule has 0 amide bonds. The topological polar surface area (TPSA) is 74.2 Å². The molecule has 1 aliphatic rings. The van der Waals surface area contributed by atoms with Crippen molar-refractivity contribution in [2.75, 3.05) is 21.0 Å². The molecule has 2 aromatic carbocycles. The van der Waals surface area contributed by atoms with Crippen LogP contribution in [0.4, 0.5) is 0 Å². The molecule has 0 fully saturated rings. The van der Waals surface area contributed by atoms with Gasteiger partial charge in [0.25, 0.3) is 0 Å². The molecule has 6 heteroatoms. The Bertz CT molecular complexity index is 954. The predicted molar refractivity (Wildman–Crippen MR) is 111 cm³/mol. The van der Waals surface area contributed by atoms with Gasteiger partial charge >= 0.3 is 0 Å². The molecule has 0 saturated carbocycles. The second-order valence-electron chi connectivity index (χ2n) is 7.07. The van der Waals surface area contributed by atoms with Crippen LogP contribution in [-0.4, -0.2) is 37.5 Å². The molecule has 0 atom stereocenters. The number of methoxy groups -OCH3 is 2. The molecule has 1 N–H and O–H groups in total. The summed E-state index contributed by atoms with van der Waals surface area (Å²) in [5, 5.41) is 10.7. The molecule has 0 aromatic heterocycles. The summed E-state index contributed by atoms with van der Waals surface area (Å²) in [5.74, 6) is 0.854. The van der Waals surface area contributed by atoms with Crippen molar-refractivity contribution < 1.29 is 28.8 Å². The van der Waals surface area contributed by atoms with Gasteiger partial charge in [0.15, 0.2) is 12.6 Å². The van der Waals surface area contributed by atoms with Crippen molar-refractivity contribution in [1.29, 1.82) is 0 Å². The normalized spacial score (nSPS) is 14.3. The minimum atomic E-state index is -0.505. The Labute approximate surface area is 170 Å². The molecule has 1 aliphatic heterocycles. The van der Waals surface area contributed by atoms with Gasteiger partial charge in [0.1, 0.15) is 34.2 Å². The fraction of sp³-hybridized carbons (Fsp3) is 0.261. The van der Waals surface area contributed by atoms with E-state index in [0.717, 1.165) is 5.56 Å². The number of hydrogen-bond donors (Lipinski definition) is 1. The summed E-state index contributed by atoms with van der Waals surface area (Å²) in [5.41, 5.74) is 0.858. The maximum Gasteiger partial charge on any atom is 0.193 e. The van der Waals surface area contributed by atoms with Crippen molar-refractivity contribution in [3.63, 3.8) is 0 Å². The van der Waals surface area contributed by atoms with Crippen LogP contribution in [-0.2, 0) is 4.74 Å². The zero-order valence-corrected chi connectivity index (χ0v) is 16.9. The van der Waals surface area contributed by atoms with Crippen molar-refractivity contribution in [2.24, 2.45) is 0 Å². The average molecular weight is 396 g/mol. The lowest BCUT2D eigenvalue weighted by atomic mass is 9.97. The van der Waals surface area contributed by atoms with Gasteiger partial charge in [0, 0.05) is 13.2 Å². The predicted octanol–water partition coefficient (Wildman–Crippen LogP) is 4.46. The van der Waals surface area contributed by atoms with Gasteiger partial charge in [-0.15, -0.1) is 0 Å². The first-order valence-electron chi connectivity index (χ1n) is 9.11. The van der Waals surface area contributed by atoms with Crippen molar-refractivity contribution in [2.45, 2.75) is 19.4 Å². The van der Waals surface area contributed by atoms with Gasteiger partial charge in [-0.3, -0.25) is 4.79 Å². The van der Waals surface area contributed by atoms with Crippen LogP contribution in [0, 0.1) is 0 Å². The van der Waals surface area contributed by atoms with E-state index in [0.29, 0.717) is 17.1 Å². The molecule has 29 heavy (non-hydrogen) atoms. The maximum absolute atomic E-state index is 12.8. The van der Waals surface area contributed by atoms with E-state index in [1.54, 1.807) is 37.5 Å². The first-order chi connectivity index (χ1) is 13.8. The van der Waals surface area contributed by atoms with Crippen LogP contribution in [0.3, 0.4) is 0 Å². The summed E-state index contributed by atoms with van der Waals surface area (Å²) < 4.78 is 21.4. The number of carbonyl (C=O) groups is 1. The number of hydrogen-bond acceptors (Lipinski definition) is 6. The number of aromatic hydroxyl groups is 1. The van der Waals surface area contributed by atoms with E-state index in [1.165, 1.54) is 13.2 Å². The molecule has 0 unspecified atom stereocenters. The Hall–Kier alpha value is -3.25. The van der Waals surface area contributed by atoms with Crippen molar-refractivity contribution >= 4 is 17.9 Å². The van der Waals surface area contributed by atoms with Gasteiger partial charge in [-0.05, 0) is 49.8 Å². The third-order valence-corrected chi connectivity index (χ3v) is 4.41. The van der Waals surface area contributed by atoms with Gasteiger partial charge in [-0.2, -0.15) is 0 Å². The van der Waals surface area contributed by atoms with E-state index in [9.17, 15) is 9.90 Å². The second-order valence-corrected chi connectivity index (χ2v) is 7.07. The van der Waals surface area contributed by atoms with Crippen LogP contribution in [0.25, 0.3) is 12.2 Å². The Kier molecular flexibility index (Phi) is 5.94. The lowest BCUT2D eigenvalue weighted by Crippen LogP contribution is -2.27. The SMILES string of the molecule is COCOc1ccc(C=CC(=O)c2c(OC)cc3c(c2O)C=CC(C)(C)O3)cc1. The molecule has 3 rings (SSSR count). The van der Waals surface area contributed by atoms with E-state index in [-0.39, 0.29) is 29.6 Å². The Morgan fingerprint density at radius 3 is 2.59 bits per heavy atom. The zero-order valence-electron chi connectivity index (χ0n) is 16.9. The maximum atomic E-state index is 12.8. The van der Waals surface area contributed by atoms with Crippen molar-refractivity contribution in [3.8, 4) is 23.0 Å².